The van der Waals surface area contributed by atoms with Crippen molar-refractivity contribution in [1.29, 1.82) is 0 Å². The molecule has 4 rings (SSSR count). The van der Waals surface area contributed by atoms with Crippen molar-refractivity contribution in [2.24, 2.45) is 0 Å². The summed E-state index contributed by atoms with van der Waals surface area (Å²) in [5.41, 5.74) is 3.31. The molecule has 0 spiro atoms. The van der Waals surface area contributed by atoms with Crippen LogP contribution in [0.25, 0.3) is 10.9 Å². The van der Waals surface area contributed by atoms with Crippen molar-refractivity contribution in [1.82, 2.24) is 20.5 Å². The number of hydrogen-bond donors (Lipinski definition) is 2. The third kappa shape index (κ3) is 5.11. The van der Waals surface area contributed by atoms with Crippen LogP contribution in [0.2, 0.25) is 0 Å². The Morgan fingerprint density at radius 3 is 2.57 bits per heavy atom. The van der Waals surface area contributed by atoms with Crippen LogP contribution in [0.5, 0.6) is 0 Å². The van der Waals surface area contributed by atoms with E-state index in [1.54, 1.807) is 12.1 Å². The van der Waals surface area contributed by atoms with Gasteiger partial charge in [0.25, 0.3) is 0 Å². The molecule has 0 atom stereocenters. The van der Waals surface area contributed by atoms with Gasteiger partial charge in [0.05, 0.1) is 0 Å². The number of rotatable bonds is 9. The second kappa shape index (κ2) is 9.35. The normalized spacial score (nSPS) is 11.1. The predicted molar refractivity (Wildman–Crippen MR) is 111 cm³/mol. The van der Waals surface area contributed by atoms with Crippen LogP contribution in [0.4, 0.5) is 4.39 Å². The van der Waals surface area contributed by atoms with Crippen molar-refractivity contribution in [3.63, 3.8) is 0 Å². The van der Waals surface area contributed by atoms with E-state index in [1.807, 2.05) is 24.4 Å². The number of benzene rings is 2. The molecule has 0 aliphatic rings. The lowest BCUT2D eigenvalue weighted by molar-refractivity contribution is -0.121. The average molecular weight is 406 g/mol. The monoisotopic (exact) mass is 406 g/mol. The van der Waals surface area contributed by atoms with Gasteiger partial charge in [0.2, 0.25) is 17.7 Å². The van der Waals surface area contributed by atoms with Crippen LogP contribution >= 0.6 is 0 Å². The summed E-state index contributed by atoms with van der Waals surface area (Å²) in [7, 11) is 0. The lowest BCUT2D eigenvalue weighted by Crippen LogP contribution is -2.25. The van der Waals surface area contributed by atoms with Crippen LogP contribution < -0.4 is 5.32 Å². The SMILES string of the molecule is O=C(CCc1nnc(CCc2c[nH]c3ccccc23)o1)NCCc1ccc(F)cc1. The first-order chi connectivity index (χ1) is 14.7. The number of carbonyl (C=O) groups excluding carboxylic acids is 1. The summed E-state index contributed by atoms with van der Waals surface area (Å²) >= 11 is 0. The summed E-state index contributed by atoms with van der Waals surface area (Å²) in [5.74, 6) is 0.712. The molecule has 2 N–H and O–H groups in total. The van der Waals surface area contributed by atoms with E-state index in [4.69, 9.17) is 4.42 Å². The summed E-state index contributed by atoms with van der Waals surface area (Å²) in [6.45, 7) is 0.504. The zero-order chi connectivity index (χ0) is 20.8. The lowest BCUT2D eigenvalue weighted by atomic mass is 10.1. The smallest absolute Gasteiger partial charge is 0.220 e. The number of nitrogens with zero attached hydrogens (tertiary/aromatic N) is 2. The van der Waals surface area contributed by atoms with Crippen molar-refractivity contribution in [2.45, 2.75) is 32.1 Å². The number of amides is 1. The Bertz CT molecular complexity index is 1120. The Balaban J connectivity index is 1.19. The van der Waals surface area contributed by atoms with Crippen molar-refractivity contribution in [3.05, 3.63) is 83.5 Å². The van der Waals surface area contributed by atoms with Crippen molar-refractivity contribution in [2.75, 3.05) is 6.54 Å². The number of aromatic amines is 1. The molecule has 0 saturated heterocycles. The molecule has 2 heterocycles. The molecule has 7 heteroatoms. The van der Waals surface area contributed by atoms with Gasteiger partial charge in [-0.2, -0.15) is 0 Å². The largest absolute Gasteiger partial charge is 0.425 e. The average Bonchev–Trinajstić information content (AvgIpc) is 3.39. The highest BCUT2D eigenvalue weighted by molar-refractivity contribution is 5.83. The van der Waals surface area contributed by atoms with Gasteiger partial charge >= 0.3 is 0 Å². The molecular weight excluding hydrogens is 383 g/mol. The highest BCUT2D eigenvalue weighted by Gasteiger charge is 2.10. The third-order valence-electron chi connectivity index (χ3n) is 5.01. The lowest BCUT2D eigenvalue weighted by Gasteiger charge is -2.04. The fraction of sp³-hybridized carbons (Fsp3) is 0.261. The number of aryl methyl sites for hydroxylation is 3. The van der Waals surface area contributed by atoms with Gasteiger partial charge < -0.3 is 14.7 Å². The molecule has 1 amide bonds. The second-order valence-electron chi connectivity index (χ2n) is 7.18. The topological polar surface area (TPSA) is 83.8 Å². The molecule has 154 valence electrons. The number of H-pyrrole nitrogens is 1. The summed E-state index contributed by atoms with van der Waals surface area (Å²) in [4.78, 5) is 15.3. The minimum Gasteiger partial charge on any atom is -0.425 e. The van der Waals surface area contributed by atoms with Crippen LogP contribution in [-0.4, -0.2) is 27.6 Å². The Morgan fingerprint density at radius 1 is 0.967 bits per heavy atom. The fourth-order valence-corrected chi connectivity index (χ4v) is 3.38. The molecule has 0 fully saturated rings. The second-order valence-corrected chi connectivity index (χ2v) is 7.18. The highest BCUT2D eigenvalue weighted by atomic mass is 19.1. The van der Waals surface area contributed by atoms with Crippen LogP contribution in [0.15, 0.2) is 59.1 Å². The minimum atomic E-state index is -0.261. The molecule has 0 aliphatic heterocycles. The van der Waals surface area contributed by atoms with E-state index >= 15 is 0 Å². The summed E-state index contributed by atoms with van der Waals surface area (Å²) in [6.07, 6.45) is 4.81. The number of hydrogen-bond acceptors (Lipinski definition) is 4. The molecule has 0 saturated carbocycles. The highest BCUT2D eigenvalue weighted by Crippen LogP contribution is 2.19. The quantitative estimate of drug-likeness (QED) is 0.443. The Labute approximate surface area is 173 Å². The maximum atomic E-state index is 12.9. The fourth-order valence-electron chi connectivity index (χ4n) is 3.38. The van der Waals surface area contributed by atoms with Gasteiger partial charge in [-0.15, -0.1) is 10.2 Å². The van der Waals surface area contributed by atoms with Gasteiger partial charge in [0.15, 0.2) is 0 Å². The molecule has 0 aliphatic carbocycles. The summed E-state index contributed by atoms with van der Waals surface area (Å²) in [5, 5.41) is 12.2. The van der Waals surface area contributed by atoms with E-state index in [2.05, 4.69) is 26.6 Å². The third-order valence-corrected chi connectivity index (χ3v) is 5.01. The van der Waals surface area contributed by atoms with E-state index in [-0.39, 0.29) is 18.1 Å². The van der Waals surface area contributed by atoms with Crippen LogP contribution in [0.1, 0.15) is 29.3 Å². The Hall–Kier alpha value is -3.48. The van der Waals surface area contributed by atoms with Gasteiger partial charge in [0, 0.05) is 42.9 Å². The van der Waals surface area contributed by atoms with E-state index in [0.29, 0.717) is 37.6 Å². The van der Waals surface area contributed by atoms with Gasteiger partial charge in [-0.05, 0) is 42.2 Å². The number of nitrogens with one attached hydrogen (secondary N) is 2. The first-order valence-corrected chi connectivity index (χ1v) is 10.0. The van der Waals surface area contributed by atoms with E-state index in [0.717, 1.165) is 17.5 Å². The standard InChI is InChI=1S/C23H23FN4O2/c24-18-8-5-16(6-9-18)13-14-25-21(29)10-12-23-28-27-22(30-23)11-7-17-15-26-20-4-2-1-3-19(17)20/h1-6,8-9,15,26H,7,10-14H2,(H,25,29). The first-order valence-electron chi connectivity index (χ1n) is 10.0. The molecule has 0 radical (unpaired) electrons. The predicted octanol–water partition coefficient (Wildman–Crippen LogP) is 3.77. The van der Waals surface area contributed by atoms with Gasteiger partial charge in [-0.3, -0.25) is 4.79 Å². The molecule has 2 aromatic carbocycles. The van der Waals surface area contributed by atoms with E-state index in [9.17, 15) is 9.18 Å². The van der Waals surface area contributed by atoms with Gasteiger partial charge in [-0.25, -0.2) is 4.39 Å². The summed E-state index contributed by atoms with van der Waals surface area (Å²) < 4.78 is 18.6. The Morgan fingerprint density at radius 2 is 1.73 bits per heavy atom. The zero-order valence-electron chi connectivity index (χ0n) is 16.5. The Kier molecular flexibility index (Phi) is 6.17. The van der Waals surface area contributed by atoms with Gasteiger partial charge in [-0.1, -0.05) is 30.3 Å². The maximum absolute atomic E-state index is 12.9. The minimum absolute atomic E-state index is 0.0735. The molecule has 0 bridgehead atoms. The van der Waals surface area contributed by atoms with E-state index in [1.165, 1.54) is 23.1 Å². The molecular formula is C23H23FN4O2. The molecule has 4 aromatic rings. The van der Waals surface area contributed by atoms with Crippen molar-refractivity contribution < 1.29 is 13.6 Å². The van der Waals surface area contributed by atoms with Crippen molar-refractivity contribution in [3.8, 4) is 0 Å². The number of fused-ring (bicyclic) bond motifs is 1. The number of halogens is 1. The molecule has 30 heavy (non-hydrogen) atoms. The van der Waals surface area contributed by atoms with Crippen molar-refractivity contribution >= 4 is 16.8 Å². The van der Waals surface area contributed by atoms with Crippen LogP contribution in [0.3, 0.4) is 0 Å². The summed E-state index contributed by atoms with van der Waals surface area (Å²) in [6, 6.07) is 14.5. The molecule has 0 unspecified atom stereocenters. The number of aromatic nitrogens is 3. The number of para-hydroxylation sites is 1. The van der Waals surface area contributed by atoms with Gasteiger partial charge in [0.1, 0.15) is 5.82 Å². The zero-order valence-corrected chi connectivity index (χ0v) is 16.5. The number of carbonyl (C=O) groups is 1. The first kappa shape index (κ1) is 19.8. The van der Waals surface area contributed by atoms with E-state index < -0.39 is 0 Å². The maximum Gasteiger partial charge on any atom is 0.220 e. The van der Waals surface area contributed by atoms with Crippen LogP contribution in [0, 0.1) is 5.82 Å². The molecule has 2 aromatic heterocycles. The van der Waals surface area contributed by atoms with Crippen LogP contribution in [-0.2, 0) is 30.5 Å². The molecule has 6 nitrogen and oxygen atoms in total.